The number of hydrogen-bond acceptors (Lipinski definition) is 3. The molecule has 0 spiro atoms. The van der Waals surface area contributed by atoms with Gasteiger partial charge in [-0.3, -0.25) is 4.79 Å². The lowest BCUT2D eigenvalue weighted by molar-refractivity contribution is -0.127. The first-order valence-electron chi connectivity index (χ1n) is 8.58. The van der Waals surface area contributed by atoms with Crippen LogP contribution in [-0.4, -0.2) is 25.6 Å². The molecule has 140 valence electrons. The van der Waals surface area contributed by atoms with Gasteiger partial charge < -0.3 is 15.4 Å². The third-order valence-electron chi connectivity index (χ3n) is 4.69. The minimum absolute atomic E-state index is 0. The molecule has 26 heavy (non-hydrogen) atoms. The second-order valence-electron chi connectivity index (χ2n) is 6.42. The Morgan fingerprint density at radius 3 is 2.46 bits per heavy atom. The standard InChI is InChI=1S/C20H23FN2O2.ClH/c1-14(16-11-22-12-16)20(24)23-18(15-7-3-2-4-8-15)13-25-19-10-6-5-9-17(19)21;/h2-10,14,16,18,22H,11-13H2,1H3,(H,23,24);1H. The molecule has 1 amide bonds. The minimum atomic E-state index is -0.408. The number of carbonyl (C=O) groups excluding carboxylic acids is 1. The molecule has 0 aliphatic carbocycles. The van der Waals surface area contributed by atoms with Crippen LogP contribution in [0.15, 0.2) is 54.6 Å². The highest BCUT2D eigenvalue weighted by atomic mass is 35.5. The van der Waals surface area contributed by atoms with Crippen molar-refractivity contribution in [3.63, 3.8) is 0 Å². The largest absolute Gasteiger partial charge is 0.488 e. The molecule has 1 aliphatic heterocycles. The average Bonchev–Trinajstić information content (AvgIpc) is 2.59. The third-order valence-corrected chi connectivity index (χ3v) is 4.69. The number of nitrogens with one attached hydrogen (secondary N) is 2. The fraction of sp³-hybridized carbons (Fsp3) is 0.350. The van der Waals surface area contributed by atoms with Crippen molar-refractivity contribution in [2.75, 3.05) is 19.7 Å². The fourth-order valence-corrected chi connectivity index (χ4v) is 2.82. The number of amides is 1. The van der Waals surface area contributed by atoms with Crippen LogP contribution >= 0.6 is 12.4 Å². The molecule has 0 bridgehead atoms. The number of para-hydroxylation sites is 1. The van der Waals surface area contributed by atoms with E-state index in [-0.39, 0.29) is 42.6 Å². The van der Waals surface area contributed by atoms with E-state index in [9.17, 15) is 9.18 Å². The summed E-state index contributed by atoms with van der Waals surface area (Å²) >= 11 is 0. The maximum atomic E-state index is 13.8. The van der Waals surface area contributed by atoms with Crippen LogP contribution in [0.4, 0.5) is 4.39 Å². The Labute approximate surface area is 159 Å². The molecule has 0 radical (unpaired) electrons. The average molecular weight is 379 g/mol. The summed E-state index contributed by atoms with van der Waals surface area (Å²) in [5.41, 5.74) is 0.936. The molecular formula is C20H24ClFN2O2. The van der Waals surface area contributed by atoms with Crippen LogP contribution in [-0.2, 0) is 4.79 Å². The highest BCUT2D eigenvalue weighted by Crippen LogP contribution is 2.21. The Morgan fingerprint density at radius 1 is 1.19 bits per heavy atom. The second-order valence-corrected chi connectivity index (χ2v) is 6.42. The van der Waals surface area contributed by atoms with Gasteiger partial charge in [-0.2, -0.15) is 0 Å². The van der Waals surface area contributed by atoms with Gasteiger partial charge in [0.1, 0.15) is 6.61 Å². The quantitative estimate of drug-likeness (QED) is 0.777. The fourth-order valence-electron chi connectivity index (χ4n) is 2.82. The Morgan fingerprint density at radius 2 is 1.85 bits per heavy atom. The molecule has 6 heteroatoms. The van der Waals surface area contributed by atoms with Gasteiger partial charge in [0.15, 0.2) is 11.6 Å². The van der Waals surface area contributed by atoms with Gasteiger partial charge in [0, 0.05) is 5.92 Å². The van der Waals surface area contributed by atoms with Gasteiger partial charge in [-0.1, -0.05) is 49.4 Å². The van der Waals surface area contributed by atoms with E-state index in [1.54, 1.807) is 18.2 Å². The lowest BCUT2D eigenvalue weighted by Crippen LogP contribution is -2.50. The number of rotatable bonds is 7. The van der Waals surface area contributed by atoms with Crippen LogP contribution in [0.5, 0.6) is 5.75 Å². The van der Waals surface area contributed by atoms with E-state index >= 15 is 0 Å². The zero-order valence-electron chi connectivity index (χ0n) is 14.7. The number of carbonyl (C=O) groups is 1. The predicted molar refractivity (Wildman–Crippen MR) is 102 cm³/mol. The highest BCUT2D eigenvalue weighted by Gasteiger charge is 2.30. The number of ether oxygens (including phenoxy) is 1. The van der Waals surface area contributed by atoms with E-state index in [0.717, 1.165) is 18.7 Å². The maximum Gasteiger partial charge on any atom is 0.223 e. The molecule has 2 atom stereocenters. The van der Waals surface area contributed by atoms with Gasteiger partial charge in [-0.15, -0.1) is 12.4 Å². The third kappa shape index (κ3) is 4.96. The van der Waals surface area contributed by atoms with Crippen LogP contribution in [0.1, 0.15) is 18.5 Å². The van der Waals surface area contributed by atoms with Gasteiger partial charge in [-0.05, 0) is 36.7 Å². The SMILES string of the molecule is CC(C(=O)NC(COc1ccccc1F)c1ccccc1)C1CNC1.Cl. The van der Waals surface area contributed by atoms with Gasteiger partial charge in [0.05, 0.1) is 6.04 Å². The number of halogens is 2. The van der Waals surface area contributed by atoms with Crippen molar-refractivity contribution in [3.05, 3.63) is 66.0 Å². The summed E-state index contributed by atoms with van der Waals surface area (Å²) in [5, 5.41) is 6.25. The summed E-state index contributed by atoms with van der Waals surface area (Å²) in [5.74, 6) is 0.0748. The van der Waals surface area contributed by atoms with Crippen molar-refractivity contribution in [3.8, 4) is 5.75 Å². The van der Waals surface area contributed by atoms with Crippen molar-refractivity contribution < 1.29 is 13.9 Å². The van der Waals surface area contributed by atoms with Crippen molar-refractivity contribution in [2.45, 2.75) is 13.0 Å². The van der Waals surface area contributed by atoms with E-state index in [2.05, 4.69) is 10.6 Å². The van der Waals surface area contributed by atoms with Crippen LogP contribution in [0.2, 0.25) is 0 Å². The smallest absolute Gasteiger partial charge is 0.223 e. The Bertz CT molecular complexity index is 710. The zero-order valence-corrected chi connectivity index (χ0v) is 15.5. The molecule has 1 heterocycles. The maximum absolute atomic E-state index is 13.8. The Balaban J connectivity index is 0.00000243. The lowest BCUT2D eigenvalue weighted by Gasteiger charge is -2.32. The van der Waals surface area contributed by atoms with Gasteiger partial charge in [-0.25, -0.2) is 4.39 Å². The topological polar surface area (TPSA) is 50.4 Å². The van der Waals surface area contributed by atoms with Crippen molar-refractivity contribution in [2.24, 2.45) is 11.8 Å². The van der Waals surface area contributed by atoms with Gasteiger partial charge >= 0.3 is 0 Å². The predicted octanol–water partition coefficient (Wildman–Crippen LogP) is 3.34. The van der Waals surface area contributed by atoms with E-state index < -0.39 is 5.82 Å². The molecule has 2 aromatic rings. The summed E-state index contributed by atoms with van der Waals surface area (Å²) in [6, 6.07) is 15.6. The summed E-state index contributed by atoms with van der Waals surface area (Å²) in [7, 11) is 0. The first-order valence-corrected chi connectivity index (χ1v) is 8.58. The molecule has 0 aromatic heterocycles. The van der Waals surface area contributed by atoms with Crippen LogP contribution in [0.3, 0.4) is 0 Å². The summed E-state index contributed by atoms with van der Waals surface area (Å²) in [6.45, 7) is 3.86. The van der Waals surface area contributed by atoms with E-state index in [1.165, 1.54) is 6.07 Å². The van der Waals surface area contributed by atoms with Crippen molar-refractivity contribution in [1.82, 2.24) is 10.6 Å². The monoisotopic (exact) mass is 378 g/mol. The number of hydrogen-bond donors (Lipinski definition) is 2. The first kappa shape index (κ1) is 20.2. The van der Waals surface area contributed by atoms with Crippen LogP contribution in [0, 0.1) is 17.7 Å². The van der Waals surface area contributed by atoms with E-state index in [1.807, 2.05) is 37.3 Å². The molecule has 2 N–H and O–H groups in total. The molecule has 1 fully saturated rings. The Hall–Kier alpha value is -2.11. The minimum Gasteiger partial charge on any atom is -0.488 e. The zero-order chi connectivity index (χ0) is 17.6. The molecule has 3 rings (SSSR count). The van der Waals surface area contributed by atoms with Gasteiger partial charge in [0.25, 0.3) is 0 Å². The second kappa shape index (κ2) is 9.55. The molecule has 1 saturated heterocycles. The van der Waals surface area contributed by atoms with Crippen molar-refractivity contribution >= 4 is 18.3 Å². The molecule has 0 saturated carbocycles. The summed E-state index contributed by atoms with van der Waals surface area (Å²) < 4.78 is 19.4. The molecular weight excluding hydrogens is 355 g/mol. The lowest BCUT2D eigenvalue weighted by atomic mass is 9.88. The highest BCUT2D eigenvalue weighted by molar-refractivity contribution is 5.85. The van der Waals surface area contributed by atoms with E-state index in [4.69, 9.17) is 4.74 Å². The van der Waals surface area contributed by atoms with Crippen LogP contribution in [0.25, 0.3) is 0 Å². The molecule has 4 nitrogen and oxygen atoms in total. The summed E-state index contributed by atoms with van der Waals surface area (Å²) in [4.78, 5) is 12.6. The molecule has 2 unspecified atom stereocenters. The molecule has 1 aliphatic rings. The summed E-state index contributed by atoms with van der Waals surface area (Å²) in [6.07, 6.45) is 0. The van der Waals surface area contributed by atoms with E-state index in [0.29, 0.717) is 5.92 Å². The normalized spacial score (nSPS) is 15.9. The Kier molecular flexibility index (Phi) is 7.42. The van der Waals surface area contributed by atoms with Crippen molar-refractivity contribution in [1.29, 1.82) is 0 Å². The first-order chi connectivity index (χ1) is 12.1. The van der Waals surface area contributed by atoms with Gasteiger partial charge in [0.2, 0.25) is 5.91 Å². The van der Waals surface area contributed by atoms with Crippen LogP contribution < -0.4 is 15.4 Å². The number of benzene rings is 2. The molecule has 2 aromatic carbocycles.